The number of rotatable bonds is 5. The highest BCUT2D eigenvalue weighted by Gasteiger charge is 2.12. The van der Waals surface area contributed by atoms with Crippen LogP contribution in [0.3, 0.4) is 0 Å². The summed E-state index contributed by atoms with van der Waals surface area (Å²) in [7, 11) is 0. The van der Waals surface area contributed by atoms with Gasteiger partial charge in [0.05, 0.1) is 11.9 Å². The van der Waals surface area contributed by atoms with E-state index in [9.17, 15) is 10.1 Å². The highest BCUT2D eigenvalue weighted by atomic mass is 35.5. The number of aromatic nitrogens is 3. The summed E-state index contributed by atoms with van der Waals surface area (Å²) >= 11 is 5.91. The zero-order valence-electron chi connectivity index (χ0n) is 13.6. The second-order valence-corrected chi connectivity index (χ2v) is 5.85. The van der Waals surface area contributed by atoms with Crippen LogP contribution in [-0.2, 0) is 11.3 Å². The number of pyridine rings is 1. The van der Waals surface area contributed by atoms with Crippen molar-refractivity contribution in [1.82, 2.24) is 20.5 Å². The summed E-state index contributed by atoms with van der Waals surface area (Å²) in [5, 5.41) is 19.6. The molecule has 2 aromatic heterocycles. The maximum absolute atomic E-state index is 12.3. The molecular formula is C19H14ClN5O. The highest BCUT2D eigenvalue weighted by molar-refractivity contribution is 6.30. The van der Waals surface area contributed by atoms with Crippen LogP contribution in [0.25, 0.3) is 17.3 Å². The second kappa shape index (κ2) is 8.10. The lowest BCUT2D eigenvalue weighted by Crippen LogP contribution is -2.23. The van der Waals surface area contributed by atoms with Gasteiger partial charge in [0.2, 0.25) is 0 Å². The van der Waals surface area contributed by atoms with E-state index in [1.165, 1.54) is 6.08 Å². The Labute approximate surface area is 155 Å². The summed E-state index contributed by atoms with van der Waals surface area (Å²) in [5.74, 6) is -0.451. The first kappa shape index (κ1) is 17.4. The Morgan fingerprint density at radius 1 is 1.23 bits per heavy atom. The fourth-order valence-corrected chi connectivity index (χ4v) is 2.46. The van der Waals surface area contributed by atoms with Gasteiger partial charge in [-0.05, 0) is 35.9 Å². The molecule has 0 saturated heterocycles. The van der Waals surface area contributed by atoms with Gasteiger partial charge in [-0.25, -0.2) is 0 Å². The molecule has 0 atom stereocenters. The molecule has 2 heterocycles. The number of benzene rings is 1. The van der Waals surface area contributed by atoms with E-state index in [1.807, 2.05) is 18.2 Å². The maximum Gasteiger partial charge on any atom is 0.262 e. The summed E-state index contributed by atoms with van der Waals surface area (Å²) in [5.41, 5.74) is 3.10. The smallest absolute Gasteiger partial charge is 0.262 e. The molecule has 128 valence electrons. The first-order valence-corrected chi connectivity index (χ1v) is 8.13. The quantitative estimate of drug-likeness (QED) is 0.537. The van der Waals surface area contributed by atoms with E-state index in [-0.39, 0.29) is 5.57 Å². The van der Waals surface area contributed by atoms with Crippen molar-refractivity contribution in [2.45, 2.75) is 6.54 Å². The average molecular weight is 364 g/mol. The molecular weight excluding hydrogens is 350 g/mol. The van der Waals surface area contributed by atoms with Gasteiger partial charge >= 0.3 is 0 Å². The predicted molar refractivity (Wildman–Crippen MR) is 98.7 cm³/mol. The normalized spacial score (nSPS) is 11.0. The van der Waals surface area contributed by atoms with Crippen LogP contribution < -0.4 is 5.32 Å². The van der Waals surface area contributed by atoms with Crippen molar-refractivity contribution in [2.24, 2.45) is 0 Å². The Bertz CT molecular complexity index is 971. The van der Waals surface area contributed by atoms with E-state index in [1.54, 1.807) is 42.9 Å². The maximum atomic E-state index is 12.3. The van der Waals surface area contributed by atoms with Crippen LogP contribution in [0.4, 0.5) is 0 Å². The molecule has 0 unspecified atom stereocenters. The second-order valence-electron chi connectivity index (χ2n) is 5.42. The molecule has 0 aliphatic carbocycles. The number of carbonyl (C=O) groups excluding carboxylic acids is 1. The van der Waals surface area contributed by atoms with Crippen molar-refractivity contribution in [3.63, 3.8) is 0 Å². The number of hydrogen-bond donors (Lipinski definition) is 2. The molecule has 3 aromatic rings. The van der Waals surface area contributed by atoms with Gasteiger partial charge in [0.15, 0.2) is 0 Å². The molecule has 0 spiro atoms. The van der Waals surface area contributed by atoms with E-state index in [2.05, 4.69) is 20.5 Å². The Balaban J connectivity index is 1.79. The zero-order valence-corrected chi connectivity index (χ0v) is 14.4. The third-order valence-electron chi connectivity index (χ3n) is 3.67. The van der Waals surface area contributed by atoms with Crippen LogP contribution in [0.15, 0.2) is 60.6 Å². The Hall–Kier alpha value is -3.43. The van der Waals surface area contributed by atoms with Gasteiger partial charge in [-0.2, -0.15) is 10.4 Å². The van der Waals surface area contributed by atoms with Crippen LogP contribution in [0.2, 0.25) is 5.02 Å². The minimum absolute atomic E-state index is 0.00401. The van der Waals surface area contributed by atoms with Crippen molar-refractivity contribution in [1.29, 1.82) is 5.26 Å². The van der Waals surface area contributed by atoms with Crippen LogP contribution in [-0.4, -0.2) is 21.1 Å². The summed E-state index contributed by atoms with van der Waals surface area (Å²) in [4.78, 5) is 16.2. The third kappa shape index (κ3) is 4.15. The molecule has 1 amide bonds. The van der Waals surface area contributed by atoms with Gasteiger partial charge in [0.1, 0.15) is 11.6 Å². The minimum Gasteiger partial charge on any atom is -0.347 e. The van der Waals surface area contributed by atoms with Gasteiger partial charge in [-0.3, -0.25) is 14.9 Å². The number of nitrogens with zero attached hydrogens (tertiary/aromatic N) is 3. The van der Waals surface area contributed by atoms with E-state index >= 15 is 0 Å². The van der Waals surface area contributed by atoms with E-state index in [0.29, 0.717) is 22.8 Å². The third-order valence-corrected chi connectivity index (χ3v) is 3.92. The topological polar surface area (TPSA) is 94.5 Å². The average Bonchev–Trinajstić information content (AvgIpc) is 3.14. The first-order valence-electron chi connectivity index (χ1n) is 7.75. The van der Waals surface area contributed by atoms with Gasteiger partial charge in [0.25, 0.3) is 5.91 Å². The number of H-pyrrole nitrogens is 1. The monoisotopic (exact) mass is 363 g/mol. The highest BCUT2D eigenvalue weighted by Crippen LogP contribution is 2.24. The predicted octanol–water partition coefficient (Wildman–Crippen LogP) is 3.35. The summed E-state index contributed by atoms with van der Waals surface area (Å²) in [6.07, 6.45) is 6.37. The van der Waals surface area contributed by atoms with Crippen molar-refractivity contribution < 1.29 is 4.79 Å². The summed E-state index contributed by atoms with van der Waals surface area (Å²) in [6.45, 7) is 0.315. The lowest BCUT2D eigenvalue weighted by molar-refractivity contribution is -0.117. The molecule has 0 aliphatic heterocycles. The van der Waals surface area contributed by atoms with Crippen molar-refractivity contribution in [2.75, 3.05) is 0 Å². The van der Waals surface area contributed by atoms with E-state index in [4.69, 9.17) is 11.6 Å². The largest absolute Gasteiger partial charge is 0.347 e. The number of nitriles is 1. The molecule has 0 fully saturated rings. The summed E-state index contributed by atoms with van der Waals surface area (Å²) in [6, 6.07) is 12.7. The van der Waals surface area contributed by atoms with Gasteiger partial charge < -0.3 is 5.32 Å². The molecule has 26 heavy (non-hydrogen) atoms. The summed E-state index contributed by atoms with van der Waals surface area (Å²) < 4.78 is 0. The number of hydrogen-bond acceptors (Lipinski definition) is 4. The molecule has 0 radical (unpaired) electrons. The minimum atomic E-state index is -0.451. The van der Waals surface area contributed by atoms with Crippen LogP contribution in [0.1, 0.15) is 11.1 Å². The number of carbonyl (C=O) groups is 1. The molecule has 6 nitrogen and oxygen atoms in total. The standard InChI is InChI=1S/C19H14ClN5O/c20-17-3-1-14(2-4-17)18-16(12-24-25-18)9-15(10-21)19(26)23-11-13-5-7-22-8-6-13/h1-9,12H,11H2,(H,23,26)(H,24,25). The molecule has 7 heteroatoms. The Morgan fingerprint density at radius 3 is 2.65 bits per heavy atom. The molecule has 0 bridgehead atoms. The van der Waals surface area contributed by atoms with Crippen LogP contribution in [0.5, 0.6) is 0 Å². The first-order chi connectivity index (χ1) is 12.7. The molecule has 2 N–H and O–H groups in total. The Morgan fingerprint density at radius 2 is 1.96 bits per heavy atom. The molecule has 1 aromatic carbocycles. The molecule has 3 rings (SSSR count). The lowest BCUT2D eigenvalue weighted by Gasteiger charge is -2.04. The van der Waals surface area contributed by atoms with Crippen molar-refractivity contribution >= 4 is 23.6 Å². The van der Waals surface area contributed by atoms with Gasteiger partial charge in [-0.1, -0.05) is 23.7 Å². The fourth-order valence-electron chi connectivity index (χ4n) is 2.33. The van der Waals surface area contributed by atoms with Gasteiger partial charge in [-0.15, -0.1) is 0 Å². The number of aromatic amines is 1. The lowest BCUT2D eigenvalue weighted by atomic mass is 10.1. The zero-order chi connectivity index (χ0) is 18.4. The van der Waals surface area contributed by atoms with E-state index in [0.717, 1.165) is 11.1 Å². The molecule has 0 saturated carbocycles. The van der Waals surface area contributed by atoms with Crippen LogP contribution in [0, 0.1) is 11.3 Å². The Kier molecular flexibility index (Phi) is 5.42. The number of amides is 1. The van der Waals surface area contributed by atoms with Gasteiger partial charge in [0, 0.05) is 35.1 Å². The van der Waals surface area contributed by atoms with Crippen LogP contribution >= 0.6 is 11.6 Å². The van der Waals surface area contributed by atoms with Crippen molar-refractivity contribution in [3.8, 4) is 17.3 Å². The molecule has 0 aliphatic rings. The number of halogens is 1. The van der Waals surface area contributed by atoms with Crippen molar-refractivity contribution in [3.05, 3.63) is 76.7 Å². The number of nitrogens with one attached hydrogen (secondary N) is 2. The van der Waals surface area contributed by atoms with E-state index < -0.39 is 5.91 Å². The SMILES string of the molecule is N#CC(=Cc1cn[nH]c1-c1ccc(Cl)cc1)C(=O)NCc1ccncc1. The fraction of sp³-hybridized carbons (Fsp3) is 0.0526.